The Bertz CT molecular complexity index is 421. The molecule has 108 valence electrons. The Labute approximate surface area is 106 Å². The van der Waals surface area contributed by atoms with Gasteiger partial charge in [-0.15, -0.1) is 5.10 Å². The lowest BCUT2D eigenvalue weighted by Crippen LogP contribution is -2.20. The Morgan fingerprint density at radius 2 is 2.21 bits per heavy atom. The molecule has 0 aliphatic carbocycles. The van der Waals surface area contributed by atoms with E-state index in [2.05, 4.69) is 20.3 Å². The van der Waals surface area contributed by atoms with Crippen LogP contribution in [0.3, 0.4) is 0 Å². The van der Waals surface area contributed by atoms with Crippen LogP contribution in [-0.4, -0.2) is 44.1 Å². The van der Waals surface area contributed by atoms with Crippen LogP contribution in [-0.2, 0) is 16.1 Å². The van der Waals surface area contributed by atoms with Crippen LogP contribution in [0.25, 0.3) is 0 Å². The fourth-order valence-corrected chi connectivity index (χ4v) is 1.45. The largest absolute Gasteiger partial charge is 0.481 e. The summed E-state index contributed by atoms with van der Waals surface area (Å²) in [6.07, 6.45) is -4.21. The third-order valence-corrected chi connectivity index (χ3v) is 2.29. The fraction of sp³-hybridized carbons (Fsp3) is 0.778. The van der Waals surface area contributed by atoms with Crippen molar-refractivity contribution in [1.82, 2.24) is 20.2 Å². The highest BCUT2D eigenvalue weighted by Gasteiger charge is 2.28. The van der Waals surface area contributed by atoms with Gasteiger partial charge in [0.25, 0.3) is 0 Å². The predicted molar refractivity (Wildman–Crippen MR) is 55.1 cm³/mol. The highest BCUT2D eigenvalue weighted by molar-refractivity contribution is 5.67. The average Bonchev–Trinajstić information content (AvgIpc) is 2.72. The van der Waals surface area contributed by atoms with Crippen molar-refractivity contribution >= 4 is 5.97 Å². The molecule has 19 heavy (non-hydrogen) atoms. The minimum atomic E-state index is -4.43. The number of carboxylic acids is 1. The fourth-order valence-electron chi connectivity index (χ4n) is 1.45. The van der Waals surface area contributed by atoms with Crippen LogP contribution in [0.15, 0.2) is 0 Å². The standard InChI is InChI=1S/C9H13F3N4O3/c1-2-6(3-8(17)18)16-7(13-14-15-16)4-19-5-9(10,11)12/h6H,2-5H2,1H3,(H,17,18). The summed E-state index contributed by atoms with van der Waals surface area (Å²) in [7, 11) is 0. The number of tetrazole rings is 1. The summed E-state index contributed by atoms with van der Waals surface area (Å²) in [5.41, 5.74) is 0. The monoisotopic (exact) mass is 282 g/mol. The molecule has 0 aliphatic rings. The van der Waals surface area contributed by atoms with E-state index < -0.39 is 31.4 Å². The lowest BCUT2D eigenvalue weighted by Gasteiger charge is -2.14. The molecule has 1 atom stereocenters. The number of aromatic nitrogens is 4. The van der Waals surface area contributed by atoms with Gasteiger partial charge in [0.15, 0.2) is 5.82 Å². The molecule has 1 rings (SSSR count). The second-order valence-electron chi connectivity index (χ2n) is 3.81. The predicted octanol–water partition coefficient (Wildman–Crippen LogP) is 1.18. The summed E-state index contributed by atoms with van der Waals surface area (Å²) < 4.78 is 41.4. The molecular formula is C9H13F3N4O3. The maximum absolute atomic E-state index is 11.9. The Morgan fingerprint density at radius 1 is 1.53 bits per heavy atom. The molecule has 0 aliphatic heterocycles. The van der Waals surface area contributed by atoms with Crippen LogP contribution in [0.4, 0.5) is 13.2 Å². The number of aliphatic carboxylic acids is 1. The summed E-state index contributed by atoms with van der Waals surface area (Å²) in [6, 6.07) is -0.517. The van der Waals surface area contributed by atoms with Crippen LogP contribution >= 0.6 is 0 Å². The second-order valence-corrected chi connectivity index (χ2v) is 3.81. The number of halogens is 3. The molecule has 0 amide bonds. The van der Waals surface area contributed by atoms with Crippen LogP contribution in [0.2, 0.25) is 0 Å². The number of rotatable bonds is 7. The summed E-state index contributed by atoms with van der Waals surface area (Å²) in [4.78, 5) is 10.7. The highest BCUT2D eigenvalue weighted by Crippen LogP contribution is 2.18. The number of ether oxygens (including phenoxy) is 1. The van der Waals surface area contributed by atoms with Crippen LogP contribution in [0, 0.1) is 0 Å². The van der Waals surface area contributed by atoms with Crippen molar-refractivity contribution in [2.24, 2.45) is 0 Å². The van der Waals surface area contributed by atoms with Gasteiger partial charge in [0.2, 0.25) is 0 Å². The van der Waals surface area contributed by atoms with Crippen molar-refractivity contribution in [3.63, 3.8) is 0 Å². The first-order chi connectivity index (χ1) is 8.83. The molecule has 1 aromatic rings. The van der Waals surface area contributed by atoms with E-state index in [0.717, 1.165) is 0 Å². The molecule has 10 heteroatoms. The van der Waals surface area contributed by atoms with Gasteiger partial charge in [-0.05, 0) is 16.8 Å². The van der Waals surface area contributed by atoms with E-state index >= 15 is 0 Å². The van der Waals surface area contributed by atoms with Crippen LogP contribution in [0.1, 0.15) is 31.6 Å². The zero-order valence-electron chi connectivity index (χ0n) is 10.1. The second kappa shape index (κ2) is 6.45. The van der Waals surface area contributed by atoms with E-state index in [1.165, 1.54) is 4.68 Å². The normalized spacial score (nSPS) is 13.5. The summed E-state index contributed by atoms with van der Waals surface area (Å²) >= 11 is 0. The van der Waals surface area contributed by atoms with Gasteiger partial charge in [0, 0.05) is 0 Å². The number of nitrogens with zero attached hydrogens (tertiary/aromatic N) is 4. The molecule has 1 heterocycles. The van der Waals surface area contributed by atoms with Gasteiger partial charge >= 0.3 is 12.1 Å². The number of carboxylic acid groups (broad SMARTS) is 1. The minimum Gasteiger partial charge on any atom is -0.481 e. The van der Waals surface area contributed by atoms with Gasteiger partial charge < -0.3 is 9.84 Å². The molecule has 7 nitrogen and oxygen atoms in total. The molecule has 1 aromatic heterocycles. The van der Waals surface area contributed by atoms with E-state index in [4.69, 9.17) is 5.11 Å². The summed E-state index contributed by atoms with van der Waals surface area (Å²) in [6.45, 7) is -0.103. The molecule has 0 saturated heterocycles. The molecule has 1 N–H and O–H groups in total. The maximum atomic E-state index is 11.9. The lowest BCUT2D eigenvalue weighted by molar-refractivity contribution is -0.177. The highest BCUT2D eigenvalue weighted by atomic mass is 19.4. The number of hydrogen-bond donors (Lipinski definition) is 1. The SMILES string of the molecule is CCC(CC(=O)O)n1nnnc1COCC(F)(F)F. The maximum Gasteiger partial charge on any atom is 0.411 e. The molecule has 0 fully saturated rings. The molecule has 0 saturated carbocycles. The Balaban J connectivity index is 2.65. The van der Waals surface area contributed by atoms with Gasteiger partial charge in [-0.25, -0.2) is 4.68 Å². The van der Waals surface area contributed by atoms with E-state index in [-0.39, 0.29) is 12.2 Å². The Hall–Kier alpha value is -1.71. The van der Waals surface area contributed by atoms with Gasteiger partial charge in [-0.3, -0.25) is 4.79 Å². The van der Waals surface area contributed by atoms with Gasteiger partial charge in [-0.2, -0.15) is 13.2 Å². The Kier molecular flexibility index (Phi) is 5.21. The van der Waals surface area contributed by atoms with E-state index in [9.17, 15) is 18.0 Å². The number of carbonyl (C=O) groups is 1. The quantitative estimate of drug-likeness (QED) is 0.807. The van der Waals surface area contributed by atoms with Gasteiger partial charge in [-0.1, -0.05) is 6.92 Å². The smallest absolute Gasteiger partial charge is 0.411 e. The average molecular weight is 282 g/mol. The van der Waals surface area contributed by atoms with Crippen LogP contribution < -0.4 is 0 Å². The van der Waals surface area contributed by atoms with Crippen molar-refractivity contribution in [3.8, 4) is 0 Å². The third kappa shape index (κ3) is 5.20. The first-order valence-electron chi connectivity index (χ1n) is 5.46. The summed E-state index contributed by atoms with van der Waals surface area (Å²) in [5.74, 6) is -0.971. The number of hydrogen-bond acceptors (Lipinski definition) is 5. The van der Waals surface area contributed by atoms with E-state index in [1.54, 1.807) is 6.92 Å². The molecule has 0 spiro atoms. The molecule has 0 bridgehead atoms. The van der Waals surface area contributed by atoms with Crippen LogP contribution in [0.5, 0.6) is 0 Å². The third-order valence-electron chi connectivity index (χ3n) is 2.29. The molecule has 0 aromatic carbocycles. The van der Waals surface area contributed by atoms with Crippen molar-refractivity contribution < 1.29 is 27.8 Å². The number of alkyl halides is 3. The zero-order chi connectivity index (χ0) is 14.5. The van der Waals surface area contributed by atoms with E-state index in [0.29, 0.717) is 6.42 Å². The van der Waals surface area contributed by atoms with Gasteiger partial charge in [0.05, 0.1) is 12.5 Å². The summed E-state index contributed by atoms with van der Waals surface area (Å²) in [5, 5.41) is 19.2. The van der Waals surface area contributed by atoms with E-state index in [1.807, 2.05) is 0 Å². The van der Waals surface area contributed by atoms with Crippen molar-refractivity contribution in [2.75, 3.05) is 6.61 Å². The van der Waals surface area contributed by atoms with Gasteiger partial charge in [0.1, 0.15) is 13.2 Å². The zero-order valence-corrected chi connectivity index (χ0v) is 10.1. The van der Waals surface area contributed by atoms with Crippen molar-refractivity contribution in [3.05, 3.63) is 5.82 Å². The molecule has 0 radical (unpaired) electrons. The topological polar surface area (TPSA) is 90.1 Å². The Morgan fingerprint density at radius 3 is 2.74 bits per heavy atom. The first kappa shape index (κ1) is 15.3. The molecule has 1 unspecified atom stereocenters. The first-order valence-corrected chi connectivity index (χ1v) is 5.46. The van der Waals surface area contributed by atoms with Crippen molar-refractivity contribution in [2.45, 2.75) is 38.6 Å². The lowest BCUT2D eigenvalue weighted by atomic mass is 10.1. The molecular weight excluding hydrogens is 269 g/mol. The minimum absolute atomic E-state index is 0.0670. The van der Waals surface area contributed by atoms with Crippen molar-refractivity contribution in [1.29, 1.82) is 0 Å².